The molecule has 1 atom stereocenters. The lowest BCUT2D eigenvalue weighted by molar-refractivity contribution is 0.612. The highest BCUT2D eigenvalue weighted by Crippen LogP contribution is 2.33. The summed E-state index contributed by atoms with van der Waals surface area (Å²) in [5.41, 5.74) is 10.2. The van der Waals surface area contributed by atoms with Crippen LogP contribution in [0.3, 0.4) is 0 Å². The van der Waals surface area contributed by atoms with Crippen molar-refractivity contribution in [3.8, 4) is 0 Å². The van der Waals surface area contributed by atoms with E-state index in [-0.39, 0.29) is 6.04 Å². The summed E-state index contributed by atoms with van der Waals surface area (Å²) < 4.78 is 0. The number of rotatable bonds is 1. The van der Waals surface area contributed by atoms with Crippen LogP contribution >= 0.6 is 0 Å². The van der Waals surface area contributed by atoms with Crippen LogP contribution in [0.1, 0.15) is 43.4 Å². The van der Waals surface area contributed by atoms with E-state index in [2.05, 4.69) is 44.0 Å². The predicted octanol–water partition coefficient (Wildman–Crippen LogP) is 2.65. The Morgan fingerprint density at radius 2 is 2.13 bits per heavy atom. The summed E-state index contributed by atoms with van der Waals surface area (Å²) in [5.74, 6) is 0.578. The van der Waals surface area contributed by atoms with E-state index in [1.165, 1.54) is 16.8 Å². The fourth-order valence-electron chi connectivity index (χ4n) is 2.19. The molecule has 0 radical (unpaired) electrons. The molecule has 1 heterocycles. The zero-order chi connectivity index (χ0) is 11.0. The van der Waals surface area contributed by atoms with E-state index in [1.54, 1.807) is 0 Å². The molecule has 82 valence electrons. The van der Waals surface area contributed by atoms with Crippen LogP contribution < -0.4 is 10.6 Å². The third-order valence-electron chi connectivity index (χ3n) is 3.30. The SMILES string of the molecule is CC(C)c1ccc2c(c1)C(N)CCN2C. The Balaban J connectivity index is 2.45. The maximum absolute atomic E-state index is 6.15. The molecule has 1 aliphatic rings. The van der Waals surface area contributed by atoms with Crippen LogP contribution in [0.25, 0.3) is 0 Å². The maximum atomic E-state index is 6.15. The van der Waals surface area contributed by atoms with Gasteiger partial charge in [0.05, 0.1) is 0 Å². The van der Waals surface area contributed by atoms with E-state index >= 15 is 0 Å². The zero-order valence-electron chi connectivity index (χ0n) is 9.83. The highest BCUT2D eigenvalue weighted by molar-refractivity contribution is 5.57. The second-order valence-corrected chi connectivity index (χ2v) is 4.79. The van der Waals surface area contributed by atoms with Crippen molar-refractivity contribution in [3.63, 3.8) is 0 Å². The number of nitrogens with zero attached hydrogens (tertiary/aromatic N) is 1. The van der Waals surface area contributed by atoms with E-state index in [4.69, 9.17) is 5.73 Å². The van der Waals surface area contributed by atoms with Crippen molar-refractivity contribution in [2.24, 2.45) is 5.73 Å². The van der Waals surface area contributed by atoms with Crippen molar-refractivity contribution >= 4 is 5.69 Å². The van der Waals surface area contributed by atoms with Crippen molar-refractivity contribution in [1.82, 2.24) is 0 Å². The van der Waals surface area contributed by atoms with Crippen molar-refractivity contribution in [2.45, 2.75) is 32.2 Å². The third kappa shape index (κ3) is 1.86. The Labute approximate surface area is 92.1 Å². The second kappa shape index (κ2) is 3.86. The summed E-state index contributed by atoms with van der Waals surface area (Å²) in [6.07, 6.45) is 1.06. The van der Waals surface area contributed by atoms with Crippen LogP contribution in [0.2, 0.25) is 0 Å². The summed E-state index contributed by atoms with van der Waals surface area (Å²) in [6.45, 7) is 5.51. The lowest BCUT2D eigenvalue weighted by atomic mass is 9.92. The summed E-state index contributed by atoms with van der Waals surface area (Å²) in [7, 11) is 2.14. The van der Waals surface area contributed by atoms with Gasteiger partial charge in [-0.3, -0.25) is 0 Å². The minimum absolute atomic E-state index is 0.217. The molecule has 0 amide bonds. The van der Waals surface area contributed by atoms with Crippen LogP contribution in [0.4, 0.5) is 5.69 Å². The summed E-state index contributed by atoms with van der Waals surface area (Å²) in [5, 5.41) is 0. The molecule has 0 aliphatic carbocycles. The van der Waals surface area contributed by atoms with Gasteiger partial charge in [-0.05, 0) is 29.5 Å². The van der Waals surface area contributed by atoms with E-state index in [0.717, 1.165) is 13.0 Å². The smallest absolute Gasteiger partial charge is 0.0412 e. The predicted molar refractivity (Wildman–Crippen MR) is 65.3 cm³/mol. The molecule has 2 nitrogen and oxygen atoms in total. The first-order valence-electron chi connectivity index (χ1n) is 5.70. The molecule has 2 heteroatoms. The van der Waals surface area contributed by atoms with Crippen molar-refractivity contribution in [3.05, 3.63) is 29.3 Å². The minimum atomic E-state index is 0.217. The fourth-order valence-corrected chi connectivity index (χ4v) is 2.19. The number of fused-ring (bicyclic) bond motifs is 1. The minimum Gasteiger partial charge on any atom is -0.374 e. The lowest BCUT2D eigenvalue weighted by Gasteiger charge is -2.32. The summed E-state index contributed by atoms with van der Waals surface area (Å²) >= 11 is 0. The molecule has 0 saturated carbocycles. The Bertz CT molecular complexity index is 358. The van der Waals surface area contributed by atoms with Gasteiger partial charge in [0.1, 0.15) is 0 Å². The molecule has 15 heavy (non-hydrogen) atoms. The summed E-state index contributed by atoms with van der Waals surface area (Å²) in [6, 6.07) is 6.93. The van der Waals surface area contributed by atoms with Gasteiger partial charge in [0.15, 0.2) is 0 Å². The van der Waals surface area contributed by atoms with E-state index in [9.17, 15) is 0 Å². The first-order chi connectivity index (χ1) is 7.09. The Morgan fingerprint density at radius 1 is 1.40 bits per heavy atom. The van der Waals surface area contributed by atoms with Gasteiger partial charge in [-0.2, -0.15) is 0 Å². The normalized spacial score (nSPS) is 20.6. The number of nitrogens with two attached hydrogens (primary N) is 1. The first-order valence-corrected chi connectivity index (χ1v) is 5.70. The molecule has 0 saturated heterocycles. The monoisotopic (exact) mass is 204 g/mol. The van der Waals surface area contributed by atoms with Gasteiger partial charge in [0.25, 0.3) is 0 Å². The molecule has 1 unspecified atom stereocenters. The van der Waals surface area contributed by atoms with Crippen LogP contribution in [0, 0.1) is 0 Å². The topological polar surface area (TPSA) is 29.3 Å². The molecule has 0 aromatic heterocycles. The van der Waals surface area contributed by atoms with Crippen molar-refractivity contribution < 1.29 is 0 Å². The largest absolute Gasteiger partial charge is 0.374 e. The van der Waals surface area contributed by atoms with Gasteiger partial charge in [-0.15, -0.1) is 0 Å². The fraction of sp³-hybridized carbons (Fsp3) is 0.538. The maximum Gasteiger partial charge on any atom is 0.0412 e. The van der Waals surface area contributed by atoms with Crippen LogP contribution in [-0.4, -0.2) is 13.6 Å². The second-order valence-electron chi connectivity index (χ2n) is 4.79. The average Bonchev–Trinajstić information content (AvgIpc) is 2.23. The molecule has 0 bridgehead atoms. The molecule has 2 rings (SSSR count). The van der Waals surface area contributed by atoms with Crippen LogP contribution in [0.15, 0.2) is 18.2 Å². The molecule has 0 fully saturated rings. The van der Waals surface area contributed by atoms with Gasteiger partial charge in [-0.1, -0.05) is 26.0 Å². The van der Waals surface area contributed by atoms with Gasteiger partial charge in [0.2, 0.25) is 0 Å². The number of anilines is 1. The number of hydrogen-bond donors (Lipinski definition) is 1. The molecule has 0 spiro atoms. The Kier molecular flexibility index (Phi) is 2.70. The number of benzene rings is 1. The molecule has 1 aromatic carbocycles. The van der Waals surface area contributed by atoms with Gasteiger partial charge >= 0.3 is 0 Å². The number of hydrogen-bond acceptors (Lipinski definition) is 2. The average molecular weight is 204 g/mol. The Morgan fingerprint density at radius 3 is 2.80 bits per heavy atom. The lowest BCUT2D eigenvalue weighted by Crippen LogP contribution is -2.30. The zero-order valence-corrected chi connectivity index (χ0v) is 9.83. The molecule has 1 aromatic rings. The van der Waals surface area contributed by atoms with Crippen LogP contribution in [-0.2, 0) is 0 Å². The van der Waals surface area contributed by atoms with E-state index < -0.39 is 0 Å². The highest BCUT2D eigenvalue weighted by Gasteiger charge is 2.20. The van der Waals surface area contributed by atoms with E-state index in [0.29, 0.717) is 5.92 Å². The van der Waals surface area contributed by atoms with E-state index in [1.807, 2.05) is 0 Å². The first kappa shape index (κ1) is 10.5. The van der Waals surface area contributed by atoms with Gasteiger partial charge < -0.3 is 10.6 Å². The molecular weight excluding hydrogens is 184 g/mol. The Hall–Kier alpha value is -1.02. The standard InChI is InChI=1S/C13H20N2/c1-9(2)10-4-5-13-11(8-10)12(14)6-7-15(13)3/h4-5,8-9,12H,6-7,14H2,1-3H3. The molecular formula is C13H20N2. The highest BCUT2D eigenvalue weighted by atomic mass is 15.1. The van der Waals surface area contributed by atoms with Crippen molar-refractivity contribution in [1.29, 1.82) is 0 Å². The van der Waals surface area contributed by atoms with Crippen LogP contribution in [0.5, 0.6) is 0 Å². The van der Waals surface area contributed by atoms with Gasteiger partial charge in [0, 0.05) is 25.3 Å². The van der Waals surface area contributed by atoms with Crippen molar-refractivity contribution in [2.75, 3.05) is 18.5 Å². The third-order valence-corrected chi connectivity index (χ3v) is 3.30. The van der Waals surface area contributed by atoms with Gasteiger partial charge in [-0.25, -0.2) is 0 Å². The quantitative estimate of drug-likeness (QED) is 0.762. The molecule has 2 N–H and O–H groups in total. The summed E-state index contributed by atoms with van der Waals surface area (Å²) in [4.78, 5) is 2.29. The molecule has 1 aliphatic heterocycles.